The zero-order chi connectivity index (χ0) is 20.1. The summed E-state index contributed by atoms with van der Waals surface area (Å²) in [6, 6.07) is 10.7. The minimum absolute atomic E-state index is 0.233. The van der Waals surface area contributed by atoms with Crippen LogP contribution in [0.4, 0.5) is 0 Å². The van der Waals surface area contributed by atoms with Crippen LogP contribution < -0.4 is 10.1 Å². The van der Waals surface area contributed by atoms with Gasteiger partial charge < -0.3 is 10.1 Å². The normalized spacial score (nSPS) is 11.9. The van der Waals surface area contributed by atoms with Gasteiger partial charge in [-0.1, -0.05) is 23.2 Å². The van der Waals surface area contributed by atoms with E-state index in [0.717, 1.165) is 17.0 Å². The average molecular weight is 419 g/mol. The third-order valence-electron chi connectivity index (χ3n) is 4.13. The Bertz CT molecular complexity index is 960. The van der Waals surface area contributed by atoms with Gasteiger partial charge in [0.15, 0.2) is 6.10 Å². The maximum Gasteiger partial charge on any atom is 0.260 e. The number of nitrogens with zero attached hydrogens (tertiary/aromatic N) is 3. The number of ether oxygens (including phenoxy) is 1. The summed E-state index contributed by atoms with van der Waals surface area (Å²) in [4.78, 5) is 16.4. The van der Waals surface area contributed by atoms with Gasteiger partial charge in [-0.15, -0.1) is 0 Å². The number of pyridine rings is 1. The highest BCUT2D eigenvalue weighted by Gasteiger charge is 2.16. The largest absolute Gasteiger partial charge is 0.479 e. The van der Waals surface area contributed by atoms with Crippen molar-refractivity contribution >= 4 is 29.1 Å². The molecule has 2 heterocycles. The van der Waals surface area contributed by atoms with Gasteiger partial charge in [-0.3, -0.25) is 14.5 Å². The maximum absolute atomic E-state index is 12.3. The molecule has 0 saturated heterocycles. The lowest BCUT2D eigenvalue weighted by molar-refractivity contribution is -0.127. The number of carbonyl (C=O) groups excluding carboxylic acids is 1. The summed E-state index contributed by atoms with van der Waals surface area (Å²) < 4.78 is 7.47. The Morgan fingerprint density at radius 3 is 2.82 bits per heavy atom. The van der Waals surface area contributed by atoms with E-state index in [4.69, 9.17) is 27.9 Å². The van der Waals surface area contributed by atoms with Gasteiger partial charge in [0.05, 0.1) is 17.3 Å². The van der Waals surface area contributed by atoms with Crippen molar-refractivity contribution < 1.29 is 9.53 Å². The van der Waals surface area contributed by atoms with Gasteiger partial charge in [-0.05, 0) is 50.2 Å². The number of carbonyl (C=O) groups is 1. The van der Waals surface area contributed by atoms with Crippen LogP contribution in [0.5, 0.6) is 5.75 Å². The first-order valence-electron chi connectivity index (χ1n) is 8.78. The molecule has 28 heavy (non-hydrogen) atoms. The second-order valence-electron chi connectivity index (χ2n) is 6.26. The van der Waals surface area contributed by atoms with Crippen LogP contribution in [-0.4, -0.2) is 33.3 Å². The summed E-state index contributed by atoms with van der Waals surface area (Å²) in [5.74, 6) is 0.182. The number of amides is 1. The molecular weight excluding hydrogens is 399 g/mol. The van der Waals surface area contributed by atoms with E-state index in [1.54, 1.807) is 37.5 Å². The number of aromatic nitrogens is 3. The van der Waals surface area contributed by atoms with Crippen molar-refractivity contribution in [3.8, 4) is 17.0 Å². The molecule has 0 bridgehead atoms. The summed E-state index contributed by atoms with van der Waals surface area (Å²) in [6.07, 6.45) is 2.81. The van der Waals surface area contributed by atoms with E-state index in [9.17, 15) is 4.79 Å². The Labute approximate surface area is 173 Å². The molecule has 0 unspecified atom stereocenters. The number of aryl methyl sites for hydroxylation is 1. The first-order chi connectivity index (χ1) is 13.4. The van der Waals surface area contributed by atoms with Crippen molar-refractivity contribution in [1.29, 1.82) is 0 Å². The first kappa shape index (κ1) is 20.2. The molecule has 1 N–H and O–H groups in total. The molecule has 0 radical (unpaired) electrons. The van der Waals surface area contributed by atoms with E-state index >= 15 is 0 Å². The second-order valence-corrected chi connectivity index (χ2v) is 7.11. The van der Waals surface area contributed by atoms with Crippen LogP contribution >= 0.6 is 23.2 Å². The molecule has 0 fully saturated rings. The molecule has 0 aliphatic heterocycles. The molecule has 146 valence electrons. The third kappa shape index (κ3) is 5.03. The topological polar surface area (TPSA) is 69.0 Å². The van der Waals surface area contributed by atoms with Crippen LogP contribution in [0.25, 0.3) is 11.3 Å². The van der Waals surface area contributed by atoms with E-state index < -0.39 is 6.10 Å². The molecule has 0 aliphatic carbocycles. The molecule has 2 aromatic heterocycles. The lowest BCUT2D eigenvalue weighted by Crippen LogP contribution is -2.38. The lowest BCUT2D eigenvalue weighted by atomic mass is 10.2. The van der Waals surface area contributed by atoms with Gasteiger partial charge in [0, 0.05) is 35.2 Å². The highest BCUT2D eigenvalue weighted by atomic mass is 35.5. The van der Waals surface area contributed by atoms with E-state index in [-0.39, 0.29) is 5.91 Å². The summed E-state index contributed by atoms with van der Waals surface area (Å²) in [7, 11) is 0. The summed E-state index contributed by atoms with van der Waals surface area (Å²) in [6.45, 7) is 4.62. The Morgan fingerprint density at radius 2 is 2.11 bits per heavy atom. The Hall–Kier alpha value is -2.57. The molecule has 1 amide bonds. The molecule has 1 aromatic carbocycles. The zero-order valence-corrected chi connectivity index (χ0v) is 17.0. The van der Waals surface area contributed by atoms with Gasteiger partial charge >= 0.3 is 0 Å². The van der Waals surface area contributed by atoms with E-state index in [1.807, 2.05) is 29.8 Å². The van der Waals surface area contributed by atoms with Crippen LogP contribution in [0.3, 0.4) is 0 Å². The van der Waals surface area contributed by atoms with Gasteiger partial charge in [0.2, 0.25) is 0 Å². The van der Waals surface area contributed by atoms with E-state index in [2.05, 4.69) is 15.4 Å². The molecule has 0 spiro atoms. The van der Waals surface area contributed by atoms with Crippen molar-refractivity contribution in [3.05, 3.63) is 64.5 Å². The van der Waals surface area contributed by atoms with Gasteiger partial charge in [-0.25, -0.2) is 0 Å². The standard InChI is InChI=1S/C20H20Cl2N4O2/c1-13-10-18(15-4-3-7-23-12-15)25-26(13)9-8-24-20(27)14(2)28-19-6-5-16(21)11-17(19)22/h3-7,10-12,14H,8-9H2,1-2H3,(H,24,27)/t14-/m1/s1. The maximum atomic E-state index is 12.3. The molecular formula is C20H20Cl2N4O2. The quantitative estimate of drug-likeness (QED) is 0.625. The summed E-state index contributed by atoms with van der Waals surface area (Å²) >= 11 is 11.9. The molecule has 0 aliphatic rings. The van der Waals surface area contributed by atoms with Crippen molar-refractivity contribution in [1.82, 2.24) is 20.1 Å². The third-order valence-corrected chi connectivity index (χ3v) is 4.66. The van der Waals surface area contributed by atoms with Gasteiger partial charge in [-0.2, -0.15) is 5.10 Å². The fourth-order valence-corrected chi connectivity index (χ4v) is 3.09. The minimum atomic E-state index is -0.691. The van der Waals surface area contributed by atoms with Crippen LogP contribution in [0, 0.1) is 6.92 Å². The minimum Gasteiger partial charge on any atom is -0.479 e. The number of benzene rings is 1. The smallest absolute Gasteiger partial charge is 0.260 e. The van der Waals surface area contributed by atoms with Crippen molar-refractivity contribution in [3.63, 3.8) is 0 Å². The monoisotopic (exact) mass is 418 g/mol. The second kappa shape index (κ2) is 9.08. The zero-order valence-electron chi connectivity index (χ0n) is 15.5. The number of rotatable bonds is 7. The SMILES string of the molecule is Cc1cc(-c2cccnc2)nn1CCNC(=O)[C@@H](C)Oc1ccc(Cl)cc1Cl. The summed E-state index contributed by atoms with van der Waals surface area (Å²) in [5.41, 5.74) is 2.81. The molecule has 8 heteroatoms. The fourth-order valence-electron chi connectivity index (χ4n) is 2.64. The summed E-state index contributed by atoms with van der Waals surface area (Å²) in [5, 5.41) is 8.30. The Kier molecular flexibility index (Phi) is 6.54. The molecule has 3 aromatic rings. The van der Waals surface area contributed by atoms with Crippen LogP contribution in [-0.2, 0) is 11.3 Å². The van der Waals surface area contributed by atoms with Crippen LogP contribution in [0.1, 0.15) is 12.6 Å². The lowest BCUT2D eigenvalue weighted by Gasteiger charge is -2.16. The van der Waals surface area contributed by atoms with E-state index in [1.165, 1.54) is 0 Å². The molecule has 3 rings (SSSR count). The van der Waals surface area contributed by atoms with Crippen LogP contribution in [0.15, 0.2) is 48.8 Å². The predicted octanol–water partition coefficient (Wildman–Crippen LogP) is 4.14. The fraction of sp³-hybridized carbons (Fsp3) is 0.250. The highest BCUT2D eigenvalue weighted by molar-refractivity contribution is 6.35. The first-order valence-corrected chi connectivity index (χ1v) is 9.54. The van der Waals surface area contributed by atoms with Crippen molar-refractivity contribution in [2.24, 2.45) is 0 Å². The molecule has 6 nitrogen and oxygen atoms in total. The van der Waals surface area contributed by atoms with Gasteiger partial charge in [0.25, 0.3) is 5.91 Å². The number of nitrogens with one attached hydrogen (secondary N) is 1. The number of hydrogen-bond acceptors (Lipinski definition) is 4. The number of hydrogen-bond donors (Lipinski definition) is 1. The van der Waals surface area contributed by atoms with E-state index in [0.29, 0.717) is 28.9 Å². The number of halogens is 2. The average Bonchev–Trinajstić information content (AvgIpc) is 3.05. The highest BCUT2D eigenvalue weighted by Crippen LogP contribution is 2.28. The molecule has 0 saturated carbocycles. The van der Waals surface area contributed by atoms with Crippen molar-refractivity contribution in [2.75, 3.05) is 6.54 Å². The molecule has 1 atom stereocenters. The Morgan fingerprint density at radius 1 is 1.29 bits per heavy atom. The predicted molar refractivity (Wildman–Crippen MR) is 110 cm³/mol. The van der Waals surface area contributed by atoms with Crippen molar-refractivity contribution in [2.45, 2.75) is 26.5 Å². The Balaban J connectivity index is 1.53. The van der Waals surface area contributed by atoms with Crippen LogP contribution in [0.2, 0.25) is 10.0 Å². The van der Waals surface area contributed by atoms with Gasteiger partial charge in [0.1, 0.15) is 5.75 Å².